The van der Waals surface area contributed by atoms with Gasteiger partial charge in [0.05, 0.1) is 17.6 Å². The van der Waals surface area contributed by atoms with Crippen LogP contribution in [0.15, 0.2) is 11.7 Å². The zero-order valence-electron chi connectivity index (χ0n) is 14.9. The topological polar surface area (TPSA) is 94.2 Å². The summed E-state index contributed by atoms with van der Waals surface area (Å²) in [6.07, 6.45) is 3.89. The van der Waals surface area contributed by atoms with Gasteiger partial charge in [-0.05, 0) is 12.8 Å². The molecule has 0 unspecified atom stereocenters. The molecule has 2 aromatic heterocycles. The summed E-state index contributed by atoms with van der Waals surface area (Å²) in [4.78, 5) is 40.9. The van der Waals surface area contributed by atoms with Crippen LogP contribution in [0.5, 0.6) is 0 Å². The van der Waals surface area contributed by atoms with Gasteiger partial charge in [-0.1, -0.05) is 0 Å². The molecule has 1 saturated heterocycles. The number of likely N-dealkylation sites (tertiary alicyclic amines) is 1. The second kappa shape index (κ2) is 6.39. The number of aromatic nitrogens is 3. The van der Waals surface area contributed by atoms with Gasteiger partial charge in [0.15, 0.2) is 5.13 Å². The largest absolute Gasteiger partial charge is 0.365 e. The van der Waals surface area contributed by atoms with Crippen LogP contribution in [0.1, 0.15) is 41.6 Å². The van der Waals surface area contributed by atoms with Crippen molar-refractivity contribution >= 4 is 28.3 Å². The molecule has 0 aliphatic carbocycles. The number of hydrogen-bond acceptors (Lipinski definition) is 6. The third kappa shape index (κ3) is 2.57. The van der Waals surface area contributed by atoms with E-state index in [0.717, 1.165) is 22.9 Å². The van der Waals surface area contributed by atoms with Crippen molar-refractivity contribution in [3.63, 3.8) is 0 Å². The van der Waals surface area contributed by atoms with Crippen LogP contribution in [-0.4, -0.2) is 63.2 Å². The molecule has 2 amide bonds. The number of hydrogen-bond donors (Lipinski definition) is 2. The van der Waals surface area contributed by atoms with E-state index in [-0.39, 0.29) is 11.8 Å². The van der Waals surface area contributed by atoms with Crippen molar-refractivity contribution in [1.29, 1.82) is 0 Å². The first-order chi connectivity index (χ1) is 12.5. The molecule has 0 aromatic carbocycles. The lowest BCUT2D eigenvalue weighted by molar-refractivity contribution is -0.139. The normalized spacial score (nSPS) is 18.7. The van der Waals surface area contributed by atoms with E-state index in [0.29, 0.717) is 38.2 Å². The van der Waals surface area contributed by atoms with Gasteiger partial charge in [0.2, 0.25) is 5.91 Å². The van der Waals surface area contributed by atoms with Crippen LogP contribution in [0, 0.1) is 0 Å². The summed E-state index contributed by atoms with van der Waals surface area (Å²) >= 11 is 1.42. The number of nitrogens with one attached hydrogen (secondary N) is 2. The average molecular weight is 374 g/mol. The van der Waals surface area contributed by atoms with Crippen LogP contribution in [0.2, 0.25) is 0 Å². The summed E-state index contributed by atoms with van der Waals surface area (Å²) in [6.45, 7) is 3.48. The van der Waals surface area contributed by atoms with Gasteiger partial charge in [0.25, 0.3) is 5.91 Å². The van der Waals surface area contributed by atoms with Crippen molar-refractivity contribution in [2.24, 2.45) is 0 Å². The van der Waals surface area contributed by atoms with Gasteiger partial charge < -0.3 is 20.1 Å². The minimum atomic E-state index is -0.408. The third-order valence-corrected chi connectivity index (χ3v) is 6.32. The van der Waals surface area contributed by atoms with E-state index >= 15 is 0 Å². The first-order valence-electron chi connectivity index (χ1n) is 8.78. The van der Waals surface area contributed by atoms with E-state index in [9.17, 15) is 9.59 Å². The molecule has 0 bridgehead atoms. The van der Waals surface area contributed by atoms with Gasteiger partial charge in [-0.3, -0.25) is 9.59 Å². The molecule has 4 heterocycles. The number of carbonyl (C=O) groups excluding carboxylic acids is 2. The van der Waals surface area contributed by atoms with Crippen LogP contribution in [0.3, 0.4) is 0 Å². The standard InChI is InChI=1S/C17H22N6O2S/c1-11(24)23-6-3-12-14(20-10-19-12)17(23)4-7-22(8-5-17)15(25)13-9-26-16(18-2)21-13/h9-10H,3-8H2,1-2H3,(H,18,21)(H,19,20). The summed E-state index contributed by atoms with van der Waals surface area (Å²) in [5.74, 6) is 0.0154. The molecule has 1 spiro atoms. The van der Waals surface area contributed by atoms with Gasteiger partial charge in [-0.15, -0.1) is 11.3 Å². The average Bonchev–Trinajstić information content (AvgIpc) is 3.31. The van der Waals surface area contributed by atoms with Gasteiger partial charge in [-0.25, -0.2) is 9.97 Å². The summed E-state index contributed by atoms with van der Waals surface area (Å²) < 4.78 is 0. The highest BCUT2D eigenvalue weighted by molar-refractivity contribution is 7.13. The fourth-order valence-electron chi connectivity index (χ4n) is 4.17. The molecular weight excluding hydrogens is 352 g/mol. The fourth-order valence-corrected chi connectivity index (χ4v) is 4.82. The lowest BCUT2D eigenvalue weighted by Gasteiger charge is -2.50. The molecule has 0 saturated carbocycles. The number of H-pyrrole nitrogens is 1. The van der Waals surface area contributed by atoms with Crippen LogP contribution < -0.4 is 5.32 Å². The molecule has 9 heteroatoms. The van der Waals surface area contributed by atoms with Crippen molar-refractivity contribution in [2.45, 2.75) is 31.7 Å². The third-order valence-electron chi connectivity index (χ3n) is 5.46. The zero-order chi connectivity index (χ0) is 18.3. The molecule has 2 N–H and O–H groups in total. The van der Waals surface area contributed by atoms with E-state index in [2.05, 4.69) is 20.3 Å². The van der Waals surface area contributed by atoms with Crippen molar-refractivity contribution in [1.82, 2.24) is 24.8 Å². The van der Waals surface area contributed by atoms with E-state index in [1.165, 1.54) is 11.3 Å². The Hall–Kier alpha value is -2.42. The molecule has 0 atom stereocenters. The highest BCUT2D eigenvalue weighted by atomic mass is 32.1. The molecule has 0 radical (unpaired) electrons. The highest BCUT2D eigenvalue weighted by Crippen LogP contribution is 2.42. The summed E-state index contributed by atoms with van der Waals surface area (Å²) in [7, 11) is 1.79. The predicted molar refractivity (Wildman–Crippen MR) is 98.2 cm³/mol. The maximum Gasteiger partial charge on any atom is 0.273 e. The van der Waals surface area contributed by atoms with Crippen molar-refractivity contribution in [3.05, 3.63) is 28.8 Å². The Morgan fingerprint density at radius 1 is 1.31 bits per heavy atom. The van der Waals surface area contributed by atoms with E-state index < -0.39 is 5.54 Å². The predicted octanol–water partition coefficient (Wildman–Crippen LogP) is 1.44. The van der Waals surface area contributed by atoms with Crippen molar-refractivity contribution < 1.29 is 9.59 Å². The molecule has 4 rings (SSSR count). The number of carbonyl (C=O) groups is 2. The smallest absolute Gasteiger partial charge is 0.273 e. The second-order valence-corrected chi connectivity index (χ2v) is 7.62. The summed E-state index contributed by atoms with van der Waals surface area (Å²) in [6, 6.07) is 0. The van der Waals surface area contributed by atoms with Crippen molar-refractivity contribution in [3.8, 4) is 0 Å². The molecule has 8 nitrogen and oxygen atoms in total. The number of piperidine rings is 1. The number of rotatable bonds is 2. The van der Waals surface area contributed by atoms with Gasteiger partial charge in [0.1, 0.15) is 5.69 Å². The summed E-state index contributed by atoms with van der Waals surface area (Å²) in [5.41, 5.74) is 2.15. The second-order valence-electron chi connectivity index (χ2n) is 6.76. The molecule has 2 aromatic rings. The quantitative estimate of drug-likeness (QED) is 0.830. The zero-order valence-corrected chi connectivity index (χ0v) is 15.7. The molecule has 26 heavy (non-hydrogen) atoms. The van der Waals surface area contributed by atoms with Gasteiger partial charge in [-0.2, -0.15) is 0 Å². The summed E-state index contributed by atoms with van der Waals surface area (Å²) in [5, 5.41) is 5.48. The van der Waals surface area contributed by atoms with Crippen LogP contribution in [0.25, 0.3) is 0 Å². The molecule has 2 aliphatic rings. The first kappa shape index (κ1) is 17.0. The van der Waals surface area contributed by atoms with Gasteiger partial charge >= 0.3 is 0 Å². The molecule has 1 fully saturated rings. The number of anilines is 1. The number of nitrogens with zero attached hydrogens (tertiary/aromatic N) is 4. The van der Waals surface area contributed by atoms with E-state index in [1.54, 1.807) is 25.7 Å². The number of amides is 2. The fraction of sp³-hybridized carbons (Fsp3) is 0.529. The Bertz CT molecular complexity index is 836. The van der Waals surface area contributed by atoms with Crippen LogP contribution in [0.4, 0.5) is 5.13 Å². The number of imidazole rings is 1. The Balaban J connectivity index is 1.56. The molecule has 2 aliphatic heterocycles. The van der Waals surface area contributed by atoms with Crippen molar-refractivity contribution in [2.75, 3.05) is 32.0 Å². The van der Waals surface area contributed by atoms with E-state index in [4.69, 9.17) is 0 Å². The minimum Gasteiger partial charge on any atom is -0.365 e. The Labute approximate surface area is 155 Å². The van der Waals surface area contributed by atoms with Crippen LogP contribution >= 0.6 is 11.3 Å². The Morgan fingerprint density at radius 2 is 2.08 bits per heavy atom. The highest BCUT2D eigenvalue weighted by Gasteiger charge is 2.48. The Kier molecular flexibility index (Phi) is 4.18. The molecule has 138 valence electrons. The number of aromatic amines is 1. The maximum atomic E-state index is 12.8. The maximum absolute atomic E-state index is 12.8. The van der Waals surface area contributed by atoms with E-state index in [1.807, 2.05) is 9.80 Å². The lowest BCUT2D eigenvalue weighted by Crippen LogP contribution is -2.58. The SMILES string of the molecule is CNc1nc(C(=O)N2CCC3(CC2)c2nc[nH]c2CCN3C(C)=O)cs1. The van der Waals surface area contributed by atoms with Crippen LogP contribution in [-0.2, 0) is 16.8 Å². The monoisotopic (exact) mass is 374 g/mol. The minimum absolute atomic E-state index is 0.0509. The molecular formula is C17H22N6O2S. The first-order valence-corrected chi connectivity index (χ1v) is 9.66. The Morgan fingerprint density at radius 3 is 2.73 bits per heavy atom. The number of thiazole rings is 1. The van der Waals surface area contributed by atoms with Gasteiger partial charge in [0, 0.05) is 51.1 Å². The lowest BCUT2D eigenvalue weighted by atomic mass is 9.78. The number of fused-ring (bicyclic) bond motifs is 2.